The molecule has 0 amide bonds. The van der Waals surface area contributed by atoms with Gasteiger partial charge in [0.05, 0.1) is 12.0 Å². The third-order valence-corrected chi connectivity index (χ3v) is 6.48. The highest BCUT2D eigenvalue weighted by Crippen LogP contribution is 2.33. The van der Waals surface area contributed by atoms with E-state index < -0.39 is 33.0 Å². The summed E-state index contributed by atoms with van der Waals surface area (Å²) in [5.74, 6) is -2.17. The normalized spacial score (nSPS) is 11.8. The maximum Gasteiger partial charge on any atom is 0.380 e. The molecule has 0 aliphatic rings. The van der Waals surface area contributed by atoms with Crippen molar-refractivity contribution in [3.8, 4) is 0 Å². The second-order valence-corrected chi connectivity index (χ2v) is 8.41. The SMILES string of the molecule is O=C(O)c1c(NS(=O)(=O)c2ccc(F)cc2Br)ccc2c1oc(=O)c1occc12. The molecule has 0 spiro atoms. The molecule has 2 aromatic heterocycles. The second kappa shape index (κ2) is 6.71. The summed E-state index contributed by atoms with van der Waals surface area (Å²) in [5, 5.41) is 10.2. The van der Waals surface area contributed by atoms with Crippen LogP contribution in [0.15, 0.2) is 65.7 Å². The summed E-state index contributed by atoms with van der Waals surface area (Å²) in [6.45, 7) is 0. The molecule has 148 valence electrons. The number of hydrogen-bond acceptors (Lipinski definition) is 6. The second-order valence-electron chi connectivity index (χ2n) is 5.90. The van der Waals surface area contributed by atoms with E-state index in [0.29, 0.717) is 5.39 Å². The summed E-state index contributed by atoms with van der Waals surface area (Å²) in [6.07, 6.45) is 1.25. The average molecular weight is 482 g/mol. The van der Waals surface area contributed by atoms with Crippen molar-refractivity contribution in [2.45, 2.75) is 4.90 Å². The van der Waals surface area contributed by atoms with Gasteiger partial charge in [-0.15, -0.1) is 0 Å². The Balaban J connectivity index is 1.94. The zero-order chi connectivity index (χ0) is 20.9. The van der Waals surface area contributed by atoms with Gasteiger partial charge in [-0.25, -0.2) is 22.4 Å². The van der Waals surface area contributed by atoms with E-state index in [1.165, 1.54) is 24.5 Å². The minimum atomic E-state index is -4.29. The molecule has 4 aromatic rings. The van der Waals surface area contributed by atoms with Gasteiger partial charge in [0, 0.05) is 15.2 Å². The van der Waals surface area contributed by atoms with Gasteiger partial charge in [0.2, 0.25) is 5.58 Å². The number of furan rings is 1. The number of rotatable bonds is 4. The van der Waals surface area contributed by atoms with Crippen LogP contribution in [-0.2, 0) is 10.0 Å². The molecule has 0 unspecified atom stereocenters. The van der Waals surface area contributed by atoms with Crippen LogP contribution < -0.4 is 10.3 Å². The van der Waals surface area contributed by atoms with Gasteiger partial charge in [0.25, 0.3) is 10.0 Å². The van der Waals surface area contributed by atoms with Crippen molar-refractivity contribution in [3.63, 3.8) is 0 Å². The fraction of sp³-hybridized carbons (Fsp3) is 0. The first kappa shape index (κ1) is 19.2. The third-order valence-electron chi connectivity index (χ3n) is 4.13. The van der Waals surface area contributed by atoms with Crippen LogP contribution in [0.2, 0.25) is 0 Å². The van der Waals surface area contributed by atoms with Crippen molar-refractivity contribution in [1.82, 2.24) is 0 Å². The summed E-state index contributed by atoms with van der Waals surface area (Å²) in [7, 11) is -4.29. The first-order valence-electron chi connectivity index (χ1n) is 7.87. The van der Waals surface area contributed by atoms with Gasteiger partial charge in [-0.05, 0) is 52.3 Å². The number of fused-ring (bicyclic) bond motifs is 3. The molecule has 0 aliphatic carbocycles. The summed E-state index contributed by atoms with van der Waals surface area (Å²) < 4.78 is 51.0. The quantitative estimate of drug-likeness (QED) is 0.422. The van der Waals surface area contributed by atoms with E-state index in [4.69, 9.17) is 8.83 Å². The van der Waals surface area contributed by atoms with E-state index in [9.17, 15) is 27.5 Å². The number of hydrogen-bond donors (Lipinski definition) is 2. The number of carbonyl (C=O) groups is 1. The maximum absolute atomic E-state index is 13.3. The number of carboxylic acids is 1. The Morgan fingerprint density at radius 1 is 1.10 bits per heavy atom. The van der Waals surface area contributed by atoms with Gasteiger partial charge < -0.3 is 13.9 Å². The molecule has 0 saturated heterocycles. The summed E-state index contributed by atoms with van der Waals surface area (Å²) in [5.41, 5.74) is -2.18. The Labute approximate surface area is 169 Å². The molecule has 2 aromatic carbocycles. The molecule has 0 fully saturated rings. The van der Waals surface area contributed by atoms with Gasteiger partial charge in [0.15, 0.2) is 5.58 Å². The van der Waals surface area contributed by atoms with Crippen LogP contribution in [-0.4, -0.2) is 19.5 Å². The van der Waals surface area contributed by atoms with Crippen molar-refractivity contribution >= 4 is 59.5 Å². The fourth-order valence-corrected chi connectivity index (χ4v) is 5.03. The molecular weight excluding hydrogens is 473 g/mol. The predicted octanol–water partition coefficient (Wildman–Crippen LogP) is 3.94. The monoisotopic (exact) mass is 481 g/mol. The van der Waals surface area contributed by atoms with Crippen LogP contribution in [0.1, 0.15) is 10.4 Å². The topological polar surface area (TPSA) is 127 Å². The molecule has 2 heterocycles. The molecule has 0 bridgehead atoms. The number of sulfonamides is 1. The van der Waals surface area contributed by atoms with Crippen LogP contribution in [0.25, 0.3) is 21.9 Å². The molecule has 0 radical (unpaired) electrons. The lowest BCUT2D eigenvalue weighted by Crippen LogP contribution is -2.17. The van der Waals surface area contributed by atoms with Crippen molar-refractivity contribution in [2.24, 2.45) is 0 Å². The highest BCUT2D eigenvalue weighted by atomic mass is 79.9. The van der Waals surface area contributed by atoms with Crippen LogP contribution in [0.3, 0.4) is 0 Å². The molecule has 2 N–H and O–H groups in total. The molecule has 0 saturated carbocycles. The summed E-state index contributed by atoms with van der Waals surface area (Å²) >= 11 is 2.97. The standard InChI is InChI=1S/C18H9BrFNO7S/c19-11-7-8(20)1-4-13(11)29(25,26)21-12-3-2-9-10-5-6-27-16(10)18(24)28-15(9)14(12)17(22)23/h1-7,21H,(H,22,23). The molecular formula is C18H9BrFNO7S. The van der Waals surface area contributed by atoms with Crippen molar-refractivity contribution in [3.05, 3.63) is 68.9 Å². The third kappa shape index (κ3) is 3.17. The lowest BCUT2D eigenvalue weighted by atomic mass is 10.1. The van der Waals surface area contributed by atoms with E-state index in [0.717, 1.165) is 18.2 Å². The zero-order valence-corrected chi connectivity index (χ0v) is 16.5. The molecule has 8 nitrogen and oxygen atoms in total. The first-order chi connectivity index (χ1) is 13.7. The minimum absolute atomic E-state index is 0.0469. The Bertz CT molecular complexity index is 1470. The van der Waals surface area contributed by atoms with Crippen molar-refractivity contribution < 1.29 is 31.5 Å². The Hall–Kier alpha value is -3.18. The van der Waals surface area contributed by atoms with E-state index in [-0.39, 0.29) is 31.6 Å². The predicted molar refractivity (Wildman–Crippen MR) is 104 cm³/mol. The lowest BCUT2D eigenvalue weighted by molar-refractivity contribution is 0.0699. The highest BCUT2D eigenvalue weighted by molar-refractivity contribution is 9.10. The number of halogens is 2. The molecule has 4 rings (SSSR count). The maximum atomic E-state index is 13.3. The molecule has 11 heteroatoms. The van der Waals surface area contributed by atoms with Gasteiger partial charge in [0.1, 0.15) is 16.3 Å². The van der Waals surface area contributed by atoms with Gasteiger partial charge in [-0.3, -0.25) is 4.72 Å². The fourth-order valence-electron chi connectivity index (χ4n) is 2.91. The van der Waals surface area contributed by atoms with Gasteiger partial charge >= 0.3 is 11.6 Å². The van der Waals surface area contributed by atoms with Crippen molar-refractivity contribution in [1.29, 1.82) is 0 Å². The molecule has 0 atom stereocenters. The minimum Gasteiger partial charge on any atom is -0.477 e. The smallest absolute Gasteiger partial charge is 0.380 e. The van der Waals surface area contributed by atoms with Crippen LogP contribution in [0.4, 0.5) is 10.1 Å². The van der Waals surface area contributed by atoms with E-state index in [2.05, 4.69) is 20.7 Å². The van der Waals surface area contributed by atoms with E-state index in [1.54, 1.807) is 0 Å². The number of nitrogens with one attached hydrogen (secondary N) is 1. The van der Waals surface area contributed by atoms with Crippen LogP contribution in [0.5, 0.6) is 0 Å². The Kier molecular flexibility index (Phi) is 4.43. The number of aromatic carboxylic acids is 1. The molecule has 0 aliphatic heterocycles. The van der Waals surface area contributed by atoms with E-state index >= 15 is 0 Å². The van der Waals surface area contributed by atoms with E-state index in [1.807, 2.05) is 0 Å². The number of anilines is 1. The number of carboxylic acid groups (broad SMARTS) is 1. The number of benzene rings is 2. The zero-order valence-electron chi connectivity index (χ0n) is 14.1. The summed E-state index contributed by atoms with van der Waals surface area (Å²) in [4.78, 5) is 23.7. The lowest BCUT2D eigenvalue weighted by Gasteiger charge is -2.13. The largest absolute Gasteiger partial charge is 0.477 e. The average Bonchev–Trinajstić information content (AvgIpc) is 3.11. The highest BCUT2D eigenvalue weighted by Gasteiger charge is 2.25. The molecule has 29 heavy (non-hydrogen) atoms. The Morgan fingerprint density at radius 3 is 2.52 bits per heavy atom. The van der Waals surface area contributed by atoms with Crippen LogP contribution >= 0.6 is 15.9 Å². The Morgan fingerprint density at radius 2 is 1.83 bits per heavy atom. The van der Waals surface area contributed by atoms with Crippen molar-refractivity contribution in [2.75, 3.05) is 4.72 Å². The van der Waals surface area contributed by atoms with Gasteiger partial charge in [-0.2, -0.15) is 0 Å². The van der Waals surface area contributed by atoms with Crippen LogP contribution in [0, 0.1) is 5.82 Å². The first-order valence-corrected chi connectivity index (χ1v) is 10.1. The van der Waals surface area contributed by atoms with Gasteiger partial charge in [-0.1, -0.05) is 0 Å². The summed E-state index contributed by atoms with van der Waals surface area (Å²) in [6, 6.07) is 7.04.